The van der Waals surface area contributed by atoms with Gasteiger partial charge in [0.25, 0.3) is 0 Å². The zero-order valence-electron chi connectivity index (χ0n) is 14.3. The van der Waals surface area contributed by atoms with Crippen molar-refractivity contribution in [2.24, 2.45) is 4.99 Å². The first-order chi connectivity index (χ1) is 12.3. The van der Waals surface area contributed by atoms with Crippen LogP contribution in [0.2, 0.25) is 0 Å². The Morgan fingerprint density at radius 2 is 1.60 bits per heavy atom. The second kappa shape index (κ2) is 6.06. The standard InChI is InChI=1S/C20H21FN3Si/c21-15-12-17-20(13-18(15)24-9-3-4-10-24)25-19-11-14(5-6-16(19)22-17)23-7-1-2-8-23/h5-6,11-13H,1-4,7-10H2/q+1. The van der Waals surface area contributed by atoms with Crippen molar-refractivity contribution in [3.63, 3.8) is 0 Å². The molecule has 3 aliphatic rings. The summed E-state index contributed by atoms with van der Waals surface area (Å²) in [7, 11) is 0.551. The summed E-state index contributed by atoms with van der Waals surface area (Å²) in [5.41, 5.74) is 3.07. The van der Waals surface area contributed by atoms with Crippen LogP contribution in [0.15, 0.2) is 35.3 Å². The minimum Gasteiger partial charge on any atom is -0.371 e. The number of benzene rings is 2. The highest BCUT2D eigenvalue weighted by Crippen LogP contribution is 2.24. The Labute approximate surface area is 149 Å². The molecule has 0 spiro atoms. The molecule has 0 bridgehead atoms. The van der Waals surface area contributed by atoms with Crippen LogP contribution in [0, 0.1) is 10.6 Å². The highest BCUT2D eigenvalue weighted by molar-refractivity contribution is 6.48. The highest BCUT2D eigenvalue weighted by Gasteiger charge is 2.24. The molecule has 3 nitrogen and oxygen atoms in total. The maximum absolute atomic E-state index is 14.6. The molecule has 0 saturated carbocycles. The normalized spacial score (nSPS) is 18.3. The fraction of sp³-hybridized carbons (Fsp3) is 0.400. The van der Waals surface area contributed by atoms with E-state index in [1.807, 2.05) is 6.07 Å². The van der Waals surface area contributed by atoms with E-state index in [-0.39, 0.29) is 5.82 Å². The SMILES string of the molecule is Fc1cc2c(cc1N1CCCC1)=[Si+]c1cc(N3CCCC3)ccc1N=2. The number of fused-ring (bicyclic) bond motifs is 2. The van der Waals surface area contributed by atoms with E-state index in [0.29, 0.717) is 9.13 Å². The zero-order chi connectivity index (χ0) is 16.8. The van der Waals surface area contributed by atoms with Gasteiger partial charge in [-0.2, -0.15) is 0 Å². The van der Waals surface area contributed by atoms with Crippen molar-refractivity contribution in [3.8, 4) is 0 Å². The summed E-state index contributed by atoms with van der Waals surface area (Å²) in [6.07, 6.45) is 4.88. The van der Waals surface area contributed by atoms with E-state index in [1.54, 1.807) is 6.07 Å². The van der Waals surface area contributed by atoms with Gasteiger partial charge in [0.2, 0.25) is 0 Å². The molecule has 0 amide bonds. The van der Waals surface area contributed by atoms with Gasteiger partial charge < -0.3 is 9.80 Å². The van der Waals surface area contributed by atoms with Crippen LogP contribution in [0.3, 0.4) is 0 Å². The van der Waals surface area contributed by atoms with Crippen molar-refractivity contribution < 1.29 is 4.39 Å². The van der Waals surface area contributed by atoms with Crippen LogP contribution in [-0.4, -0.2) is 35.3 Å². The van der Waals surface area contributed by atoms with Crippen LogP contribution in [-0.2, 0) is 0 Å². The summed E-state index contributed by atoms with van der Waals surface area (Å²) >= 11 is 0. The lowest BCUT2D eigenvalue weighted by Crippen LogP contribution is -2.25. The molecule has 126 valence electrons. The minimum absolute atomic E-state index is 0.133. The van der Waals surface area contributed by atoms with Gasteiger partial charge in [-0.15, -0.1) is 0 Å². The first-order valence-electron chi connectivity index (χ1n) is 9.24. The average molecular weight is 350 g/mol. The third-order valence-corrected chi connectivity index (χ3v) is 6.81. The summed E-state index contributed by atoms with van der Waals surface area (Å²) in [5.74, 6) is -0.133. The Bertz CT molecular complexity index is 944. The Hall–Kier alpha value is -2.01. The molecule has 3 heterocycles. The lowest BCUT2D eigenvalue weighted by molar-refractivity contribution is 0.621. The van der Waals surface area contributed by atoms with Gasteiger partial charge in [0.15, 0.2) is 10.0 Å². The first kappa shape index (κ1) is 15.3. The summed E-state index contributed by atoms with van der Waals surface area (Å²) in [4.78, 5) is 10.5. The second-order valence-electron chi connectivity index (χ2n) is 7.15. The number of hydrogen-bond donors (Lipinski definition) is 0. The van der Waals surface area contributed by atoms with Crippen molar-refractivity contribution in [2.75, 3.05) is 36.0 Å². The second-order valence-corrected chi connectivity index (χ2v) is 8.47. The van der Waals surface area contributed by atoms with Gasteiger partial charge in [-0.25, -0.2) is 9.38 Å². The quantitative estimate of drug-likeness (QED) is 0.662. The molecule has 0 N–H and O–H groups in total. The molecular weight excluding hydrogens is 329 g/mol. The van der Waals surface area contributed by atoms with E-state index in [0.717, 1.165) is 55.8 Å². The van der Waals surface area contributed by atoms with Crippen LogP contribution in [0.4, 0.5) is 21.5 Å². The summed E-state index contributed by atoms with van der Waals surface area (Å²) < 4.78 is 14.6. The van der Waals surface area contributed by atoms with Gasteiger partial charge in [0.1, 0.15) is 16.9 Å². The molecule has 5 heteroatoms. The Kier molecular flexibility index (Phi) is 3.70. The lowest BCUT2D eigenvalue weighted by Gasteiger charge is -2.18. The van der Waals surface area contributed by atoms with Gasteiger partial charge in [-0.3, -0.25) is 0 Å². The van der Waals surface area contributed by atoms with Crippen LogP contribution in [0.25, 0.3) is 0 Å². The predicted octanol–water partition coefficient (Wildman–Crippen LogP) is 2.57. The van der Waals surface area contributed by atoms with Gasteiger partial charge in [-0.05, 0) is 37.8 Å². The van der Waals surface area contributed by atoms with Crippen molar-refractivity contribution in [1.29, 1.82) is 0 Å². The van der Waals surface area contributed by atoms with Crippen molar-refractivity contribution in [3.05, 3.63) is 46.3 Å². The number of hydrogen-bond acceptors (Lipinski definition) is 3. The van der Waals surface area contributed by atoms with Gasteiger partial charge in [0.05, 0.1) is 5.69 Å². The maximum Gasteiger partial charge on any atom is 0.496 e. The van der Waals surface area contributed by atoms with E-state index in [9.17, 15) is 4.39 Å². The van der Waals surface area contributed by atoms with Crippen molar-refractivity contribution in [1.82, 2.24) is 0 Å². The molecule has 0 aliphatic carbocycles. The Morgan fingerprint density at radius 1 is 0.880 bits per heavy atom. The molecule has 0 aromatic heterocycles. The van der Waals surface area contributed by atoms with Crippen molar-refractivity contribution >= 4 is 31.4 Å². The number of halogens is 1. The third kappa shape index (κ3) is 2.70. The molecule has 25 heavy (non-hydrogen) atoms. The third-order valence-electron chi connectivity index (χ3n) is 5.47. The van der Waals surface area contributed by atoms with Crippen LogP contribution in [0.5, 0.6) is 0 Å². The summed E-state index contributed by atoms with van der Waals surface area (Å²) in [6.45, 7) is 4.23. The molecule has 2 fully saturated rings. The molecule has 2 saturated heterocycles. The fourth-order valence-corrected chi connectivity index (χ4v) is 5.36. The molecule has 3 aliphatic heterocycles. The molecule has 0 radical (unpaired) electrons. The van der Waals surface area contributed by atoms with E-state index < -0.39 is 0 Å². The van der Waals surface area contributed by atoms with Crippen molar-refractivity contribution in [2.45, 2.75) is 25.7 Å². The summed E-state index contributed by atoms with van der Waals surface area (Å²) in [6, 6.07) is 10.2. The zero-order valence-corrected chi connectivity index (χ0v) is 15.3. The van der Waals surface area contributed by atoms with Crippen LogP contribution in [0.1, 0.15) is 25.7 Å². The number of anilines is 2. The average Bonchev–Trinajstić information content (AvgIpc) is 3.32. The molecule has 0 unspecified atom stereocenters. The van der Waals surface area contributed by atoms with Gasteiger partial charge >= 0.3 is 9.13 Å². The van der Waals surface area contributed by atoms with Crippen LogP contribution >= 0.6 is 0 Å². The number of rotatable bonds is 2. The van der Waals surface area contributed by atoms with E-state index in [1.165, 1.54) is 28.5 Å². The summed E-state index contributed by atoms with van der Waals surface area (Å²) in [5, 5.41) is 2.09. The molecular formula is C20H21FN3Si+. The van der Waals surface area contributed by atoms with Gasteiger partial charge in [-0.1, -0.05) is 0 Å². The first-order valence-corrected chi connectivity index (χ1v) is 10.2. The smallest absolute Gasteiger partial charge is 0.371 e. The van der Waals surface area contributed by atoms with Gasteiger partial charge in [0, 0.05) is 50.1 Å². The number of nitrogens with zero attached hydrogens (tertiary/aromatic N) is 3. The molecule has 5 rings (SSSR count). The lowest BCUT2D eigenvalue weighted by atomic mass is 10.2. The topological polar surface area (TPSA) is 18.8 Å². The van der Waals surface area contributed by atoms with Crippen LogP contribution < -0.4 is 20.3 Å². The van der Waals surface area contributed by atoms with E-state index >= 15 is 0 Å². The maximum atomic E-state index is 14.6. The fourth-order valence-electron chi connectivity index (χ4n) is 4.11. The molecule has 2 aromatic carbocycles. The highest BCUT2D eigenvalue weighted by atomic mass is 28.2. The predicted molar refractivity (Wildman–Crippen MR) is 101 cm³/mol. The van der Waals surface area contributed by atoms with E-state index in [2.05, 4.69) is 28.0 Å². The van der Waals surface area contributed by atoms with E-state index in [4.69, 9.17) is 4.99 Å². The minimum atomic E-state index is -0.133. The monoisotopic (exact) mass is 350 g/mol. The Balaban J connectivity index is 1.59. The molecule has 0 atom stereocenters. The largest absolute Gasteiger partial charge is 0.496 e. The molecule has 2 aromatic rings. The Morgan fingerprint density at radius 3 is 2.36 bits per heavy atom.